The summed E-state index contributed by atoms with van der Waals surface area (Å²) in [6.45, 7) is 3.31. The molecule has 0 atom stereocenters. The van der Waals surface area contributed by atoms with Crippen molar-refractivity contribution in [1.82, 2.24) is 4.98 Å². The number of nitrogens with zero attached hydrogens (tertiary/aromatic N) is 2. The van der Waals surface area contributed by atoms with E-state index in [0.29, 0.717) is 0 Å². The maximum atomic E-state index is 12.4. The lowest BCUT2D eigenvalue weighted by Gasteiger charge is -2.25. The summed E-state index contributed by atoms with van der Waals surface area (Å²) in [5.41, 5.74) is 1.88. The highest BCUT2D eigenvalue weighted by Crippen LogP contribution is 2.32. The highest BCUT2D eigenvalue weighted by atomic mass is 32.1. The minimum Gasteiger partial charge on any atom is -0.378 e. The van der Waals surface area contributed by atoms with Gasteiger partial charge in [0.05, 0.1) is 23.4 Å². The van der Waals surface area contributed by atoms with Crippen molar-refractivity contribution in [2.45, 2.75) is 32.1 Å². The highest BCUT2D eigenvalue weighted by molar-refractivity contribution is 7.22. The fourth-order valence-electron chi connectivity index (χ4n) is 3.49. The van der Waals surface area contributed by atoms with Crippen LogP contribution in [-0.2, 0) is 9.53 Å². The van der Waals surface area contributed by atoms with Gasteiger partial charge in [0.25, 0.3) is 0 Å². The van der Waals surface area contributed by atoms with Crippen LogP contribution < -0.4 is 10.2 Å². The number of ether oxygens (including phenoxy) is 1. The van der Waals surface area contributed by atoms with Crippen LogP contribution in [0, 0.1) is 5.92 Å². The van der Waals surface area contributed by atoms with Gasteiger partial charge < -0.3 is 15.0 Å². The van der Waals surface area contributed by atoms with Gasteiger partial charge in [-0.15, -0.1) is 0 Å². The average molecular weight is 345 g/mol. The monoisotopic (exact) mass is 345 g/mol. The van der Waals surface area contributed by atoms with Crippen LogP contribution in [0.1, 0.15) is 32.1 Å². The van der Waals surface area contributed by atoms with E-state index in [0.717, 1.165) is 60.2 Å². The van der Waals surface area contributed by atoms with Crippen molar-refractivity contribution >= 4 is 38.3 Å². The van der Waals surface area contributed by atoms with E-state index in [-0.39, 0.29) is 11.8 Å². The van der Waals surface area contributed by atoms with E-state index in [1.807, 2.05) is 12.1 Å². The first kappa shape index (κ1) is 15.8. The number of fused-ring (bicyclic) bond motifs is 1. The van der Waals surface area contributed by atoms with Gasteiger partial charge in [0, 0.05) is 24.7 Å². The van der Waals surface area contributed by atoms with E-state index in [4.69, 9.17) is 9.72 Å². The zero-order valence-corrected chi connectivity index (χ0v) is 14.6. The van der Waals surface area contributed by atoms with Crippen LogP contribution in [0.3, 0.4) is 0 Å². The van der Waals surface area contributed by atoms with Gasteiger partial charge in [-0.25, -0.2) is 4.98 Å². The number of carbonyl (C=O) groups is 1. The van der Waals surface area contributed by atoms with E-state index >= 15 is 0 Å². The molecule has 1 saturated carbocycles. The van der Waals surface area contributed by atoms with Crippen LogP contribution in [0.4, 0.5) is 10.8 Å². The summed E-state index contributed by atoms with van der Waals surface area (Å²) >= 11 is 1.69. The summed E-state index contributed by atoms with van der Waals surface area (Å²) in [5.74, 6) is 0.354. The first-order valence-electron chi connectivity index (χ1n) is 8.84. The Labute approximate surface area is 146 Å². The van der Waals surface area contributed by atoms with Crippen LogP contribution in [0.25, 0.3) is 10.2 Å². The van der Waals surface area contributed by atoms with Crippen molar-refractivity contribution in [3.63, 3.8) is 0 Å². The first-order chi connectivity index (χ1) is 11.8. The molecule has 0 unspecified atom stereocenters. The Morgan fingerprint density at radius 1 is 1.21 bits per heavy atom. The summed E-state index contributed by atoms with van der Waals surface area (Å²) in [4.78, 5) is 19.4. The Hall–Kier alpha value is -1.66. The minimum atomic E-state index is 0.173. The molecule has 2 heterocycles. The molecule has 2 aromatic rings. The molecule has 6 heteroatoms. The second-order valence-electron chi connectivity index (χ2n) is 6.60. The molecule has 1 N–H and O–H groups in total. The van der Waals surface area contributed by atoms with Crippen molar-refractivity contribution in [3.8, 4) is 0 Å². The number of aromatic nitrogens is 1. The van der Waals surface area contributed by atoms with Crippen LogP contribution >= 0.6 is 11.3 Å². The predicted molar refractivity (Wildman–Crippen MR) is 97.9 cm³/mol. The number of amides is 1. The molecule has 0 spiro atoms. The van der Waals surface area contributed by atoms with Crippen molar-refractivity contribution in [2.75, 3.05) is 36.5 Å². The Balaban J connectivity index is 1.49. The average Bonchev–Trinajstić information content (AvgIpc) is 3.06. The number of nitrogens with one attached hydrogen (secondary N) is 1. The Kier molecular flexibility index (Phi) is 4.67. The molecular weight excluding hydrogens is 322 g/mol. The lowest BCUT2D eigenvalue weighted by atomic mass is 9.88. The van der Waals surface area contributed by atoms with E-state index < -0.39 is 0 Å². The largest absolute Gasteiger partial charge is 0.378 e. The fraction of sp³-hybridized carbons (Fsp3) is 0.556. The van der Waals surface area contributed by atoms with Gasteiger partial charge in [0.1, 0.15) is 0 Å². The Bertz CT molecular complexity index is 718. The fourth-order valence-corrected chi connectivity index (χ4v) is 4.55. The van der Waals surface area contributed by atoms with Crippen LogP contribution in [0.2, 0.25) is 0 Å². The van der Waals surface area contributed by atoms with Gasteiger partial charge in [-0.3, -0.25) is 4.79 Å². The number of hydrogen-bond donors (Lipinski definition) is 1. The van der Waals surface area contributed by atoms with Gasteiger partial charge in [-0.05, 0) is 31.0 Å². The predicted octanol–water partition coefficient (Wildman–Crippen LogP) is 3.65. The van der Waals surface area contributed by atoms with E-state index in [1.54, 1.807) is 11.3 Å². The van der Waals surface area contributed by atoms with Crippen molar-refractivity contribution in [3.05, 3.63) is 18.2 Å². The SMILES string of the molecule is O=C(Nc1ccc2nc(N3CCOCC3)sc2c1)C1CCCCC1. The third kappa shape index (κ3) is 3.39. The highest BCUT2D eigenvalue weighted by Gasteiger charge is 2.21. The molecule has 1 aliphatic heterocycles. The summed E-state index contributed by atoms with van der Waals surface area (Å²) in [6.07, 6.45) is 5.66. The van der Waals surface area contributed by atoms with E-state index in [9.17, 15) is 4.79 Å². The van der Waals surface area contributed by atoms with Crippen LogP contribution in [-0.4, -0.2) is 37.2 Å². The molecule has 0 radical (unpaired) electrons. The number of thiazole rings is 1. The number of morpholine rings is 1. The Morgan fingerprint density at radius 2 is 2.00 bits per heavy atom. The number of rotatable bonds is 3. The van der Waals surface area contributed by atoms with Crippen molar-refractivity contribution in [1.29, 1.82) is 0 Å². The van der Waals surface area contributed by atoms with Crippen molar-refractivity contribution in [2.24, 2.45) is 5.92 Å². The number of anilines is 2. The second-order valence-corrected chi connectivity index (χ2v) is 7.61. The summed E-state index contributed by atoms with van der Waals surface area (Å²) in [7, 11) is 0. The minimum absolute atomic E-state index is 0.173. The van der Waals surface area contributed by atoms with Crippen LogP contribution in [0.5, 0.6) is 0 Å². The van der Waals surface area contributed by atoms with Gasteiger partial charge in [-0.2, -0.15) is 0 Å². The number of benzene rings is 1. The van der Waals surface area contributed by atoms with Gasteiger partial charge in [0.15, 0.2) is 5.13 Å². The quantitative estimate of drug-likeness (QED) is 0.922. The topological polar surface area (TPSA) is 54.5 Å². The summed E-state index contributed by atoms with van der Waals surface area (Å²) in [6, 6.07) is 6.02. The molecule has 1 saturated heterocycles. The van der Waals surface area contributed by atoms with E-state index in [1.165, 1.54) is 19.3 Å². The molecule has 1 aliphatic carbocycles. The summed E-state index contributed by atoms with van der Waals surface area (Å²) < 4.78 is 6.53. The first-order valence-corrected chi connectivity index (χ1v) is 9.65. The number of carbonyl (C=O) groups excluding carboxylic acids is 1. The molecule has 1 aromatic heterocycles. The molecule has 4 rings (SSSR count). The molecule has 2 aliphatic rings. The molecular formula is C18H23N3O2S. The maximum Gasteiger partial charge on any atom is 0.227 e. The maximum absolute atomic E-state index is 12.4. The van der Waals surface area contributed by atoms with Crippen molar-refractivity contribution < 1.29 is 9.53 Å². The lowest BCUT2D eigenvalue weighted by Crippen LogP contribution is -2.36. The normalized spacial score (nSPS) is 19.6. The van der Waals surface area contributed by atoms with Gasteiger partial charge in [-0.1, -0.05) is 30.6 Å². The third-order valence-electron chi connectivity index (χ3n) is 4.90. The zero-order chi connectivity index (χ0) is 16.4. The third-order valence-corrected chi connectivity index (χ3v) is 5.98. The molecule has 5 nitrogen and oxygen atoms in total. The van der Waals surface area contributed by atoms with Gasteiger partial charge >= 0.3 is 0 Å². The second kappa shape index (κ2) is 7.07. The smallest absolute Gasteiger partial charge is 0.227 e. The lowest BCUT2D eigenvalue weighted by molar-refractivity contribution is -0.120. The molecule has 2 fully saturated rings. The van der Waals surface area contributed by atoms with Crippen LogP contribution in [0.15, 0.2) is 18.2 Å². The number of hydrogen-bond acceptors (Lipinski definition) is 5. The molecule has 1 amide bonds. The van der Waals surface area contributed by atoms with Gasteiger partial charge in [0.2, 0.25) is 5.91 Å². The molecule has 24 heavy (non-hydrogen) atoms. The summed E-state index contributed by atoms with van der Waals surface area (Å²) in [5, 5.41) is 4.14. The Morgan fingerprint density at radius 3 is 2.79 bits per heavy atom. The standard InChI is InChI=1S/C18H23N3O2S/c22-17(13-4-2-1-3-5-13)19-14-6-7-15-16(12-14)24-18(20-15)21-8-10-23-11-9-21/h6-7,12-13H,1-5,8-11H2,(H,19,22). The zero-order valence-electron chi connectivity index (χ0n) is 13.8. The molecule has 1 aromatic carbocycles. The van der Waals surface area contributed by atoms with E-state index in [2.05, 4.69) is 16.3 Å². The molecule has 128 valence electrons. The molecule has 0 bridgehead atoms.